The highest BCUT2D eigenvalue weighted by Crippen LogP contribution is 2.34. The lowest BCUT2D eigenvalue weighted by atomic mass is 10.1. The first-order valence-electron chi connectivity index (χ1n) is 7.71. The van der Waals surface area contributed by atoms with Gasteiger partial charge in [-0.25, -0.2) is 0 Å². The van der Waals surface area contributed by atoms with Crippen molar-refractivity contribution < 1.29 is 18.8 Å². The number of nitrogens with zero attached hydrogens (tertiary/aromatic N) is 3. The molecule has 1 atom stereocenters. The second-order valence-electron chi connectivity index (χ2n) is 5.77. The molecule has 1 unspecified atom stereocenters. The minimum atomic E-state index is -0.0238. The van der Waals surface area contributed by atoms with Crippen molar-refractivity contribution in [3.8, 4) is 11.5 Å². The fraction of sp³-hybridized carbons (Fsp3) is 0.438. The van der Waals surface area contributed by atoms with Gasteiger partial charge in [-0.1, -0.05) is 18.1 Å². The zero-order chi connectivity index (χ0) is 15.8. The lowest BCUT2D eigenvalue weighted by Gasteiger charge is -2.16. The first-order valence-corrected chi connectivity index (χ1v) is 7.71. The van der Waals surface area contributed by atoms with E-state index in [1.165, 1.54) is 0 Å². The predicted octanol–water partition coefficient (Wildman–Crippen LogP) is 1.88. The molecule has 0 bridgehead atoms. The lowest BCUT2D eigenvalue weighted by Crippen LogP contribution is -2.24. The summed E-state index contributed by atoms with van der Waals surface area (Å²) in [5.41, 5.74) is 1.02. The van der Waals surface area contributed by atoms with Crippen molar-refractivity contribution >= 4 is 5.91 Å². The molecule has 1 saturated heterocycles. The Morgan fingerprint density at radius 3 is 3.00 bits per heavy atom. The van der Waals surface area contributed by atoms with E-state index in [4.69, 9.17) is 14.0 Å². The van der Waals surface area contributed by atoms with Crippen molar-refractivity contribution in [1.82, 2.24) is 15.0 Å². The molecular formula is C16H17N3O4. The number of fused-ring (bicyclic) bond motifs is 1. The van der Waals surface area contributed by atoms with Gasteiger partial charge in [-0.05, 0) is 17.7 Å². The van der Waals surface area contributed by atoms with Crippen molar-refractivity contribution in [2.45, 2.75) is 32.2 Å². The molecule has 1 aromatic carbocycles. The molecule has 4 rings (SSSR count). The van der Waals surface area contributed by atoms with Crippen molar-refractivity contribution in [2.75, 3.05) is 13.3 Å². The first-order chi connectivity index (χ1) is 11.2. The Balaban J connectivity index is 1.46. The molecule has 1 amide bonds. The average Bonchev–Trinajstić information content (AvgIpc) is 3.27. The van der Waals surface area contributed by atoms with E-state index in [0.717, 1.165) is 23.5 Å². The third kappa shape index (κ3) is 2.62. The zero-order valence-electron chi connectivity index (χ0n) is 12.8. The summed E-state index contributed by atoms with van der Waals surface area (Å²) in [6.07, 6.45) is 1.14. The summed E-state index contributed by atoms with van der Waals surface area (Å²) in [4.78, 5) is 18.4. The summed E-state index contributed by atoms with van der Waals surface area (Å²) < 4.78 is 15.9. The van der Waals surface area contributed by atoms with Crippen molar-refractivity contribution in [1.29, 1.82) is 0 Å². The van der Waals surface area contributed by atoms with Gasteiger partial charge >= 0.3 is 0 Å². The van der Waals surface area contributed by atoms with E-state index < -0.39 is 0 Å². The molecule has 2 aromatic rings. The number of aromatic nitrogens is 2. The summed E-state index contributed by atoms with van der Waals surface area (Å²) in [6, 6.07) is 5.75. The minimum absolute atomic E-state index is 0.0238. The molecule has 2 aliphatic heterocycles. The number of rotatable bonds is 4. The number of carbonyl (C=O) groups is 1. The van der Waals surface area contributed by atoms with Crippen LogP contribution in [0.3, 0.4) is 0 Å². The summed E-state index contributed by atoms with van der Waals surface area (Å²) in [6.45, 7) is 3.36. The Morgan fingerprint density at radius 2 is 2.17 bits per heavy atom. The Labute approximate surface area is 133 Å². The van der Waals surface area contributed by atoms with Crippen LogP contribution in [0, 0.1) is 0 Å². The van der Waals surface area contributed by atoms with Crippen LogP contribution in [-0.2, 0) is 17.8 Å². The van der Waals surface area contributed by atoms with Crippen LogP contribution in [0.4, 0.5) is 0 Å². The standard InChI is InChI=1S/C16H17N3O4/c1-2-14-17-16(23-18-14)11-6-15(20)19(8-11)7-10-3-4-12-13(5-10)22-9-21-12/h3-5,11H,2,6-9H2,1H3. The minimum Gasteiger partial charge on any atom is -0.454 e. The van der Waals surface area contributed by atoms with Gasteiger partial charge in [0.2, 0.25) is 18.6 Å². The number of carbonyl (C=O) groups excluding carboxylic acids is 1. The van der Waals surface area contributed by atoms with E-state index in [1.54, 1.807) is 0 Å². The Kier molecular flexibility index (Phi) is 3.40. The van der Waals surface area contributed by atoms with Gasteiger partial charge in [0.05, 0.1) is 5.92 Å². The van der Waals surface area contributed by atoms with E-state index in [9.17, 15) is 4.79 Å². The highest BCUT2D eigenvalue weighted by molar-refractivity contribution is 5.79. The van der Waals surface area contributed by atoms with E-state index in [2.05, 4.69) is 10.1 Å². The van der Waals surface area contributed by atoms with Crippen molar-refractivity contribution in [3.63, 3.8) is 0 Å². The quantitative estimate of drug-likeness (QED) is 0.857. The number of amides is 1. The number of hydrogen-bond acceptors (Lipinski definition) is 6. The van der Waals surface area contributed by atoms with Gasteiger partial charge in [-0.2, -0.15) is 4.98 Å². The maximum absolute atomic E-state index is 12.3. The monoisotopic (exact) mass is 315 g/mol. The van der Waals surface area contributed by atoms with Crippen LogP contribution in [-0.4, -0.2) is 34.3 Å². The van der Waals surface area contributed by atoms with Crippen molar-refractivity contribution in [2.24, 2.45) is 0 Å². The molecule has 1 aromatic heterocycles. The van der Waals surface area contributed by atoms with E-state index in [0.29, 0.717) is 31.2 Å². The molecule has 23 heavy (non-hydrogen) atoms. The normalized spacial score (nSPS) is 19.6. The number of hydrogen-bond donors (Lipinski definition) is 0. The Bertz CT molecular complexity index is 743. The second-order valence-corrected chi connectivity index (χ2v) is 5.77. The number of benzene rings is 1. The van der Waals surface area contributed by atoms with Gasteiger partial charge in [0.15, 0.2) is 17.3 Å². The third-order valence-electron chi connectivity index (χ3n) is 4.17. The SMILES string of the molecule is CCc1noc(C2CC(=O)N(Cc3ccc4c(c3)OCO4)C2)n1. The molecule has 120 valence electrons. The highest BCUT2D eigenvalue weighted by Gasteiger charge is 2.34. The van der Waals surface area contributed by atoms with Gasteiger partial charge in [-0.3, -0.25) is 4.79 Å². The van der Waals surface area contributed by atoms with Crippen LogP contribution in [0.25, 0.3) is 0 Å². The Morgan fingerprint density at radius 1 is 1.30 bits per heavy atom. The zero-order valence-corrected chi connectivity index (χ0v) is 12.8. The van der Waals surface area contributed by atoms with Crippen LogP contribution in [0.5, 0.6) is 11.5 Å². The molecule has 1 fully saturated rings. The molecule has 3 heterocycles. The van der Waals surface area contributed by atoms with E-state index in [1.807, 2.05) is 30.0 Å². The maximum atomic E-state index is 12.3. The molecule has 7 nitrogen and oxygen atoms in total. The maximum Gasteiger partial charge on any atom is 0.232 e. The number of likely N-dealkylation sites (tertiary alicyclic amines) is 1. The lowest BCUT2D eigenvalue weighted by molar-refractivity contribution is -0.128. The highest BCUT2D eigenvalue weighted by atomic mass is 16.7. The van der Waals surface area contributed by atoms with Gasteiger partial charge < -0.3 is 18.9 Å². The van der Waals surface area contributed by atoms with Crippen LogP contribution in [0.1, 0.15) is 36.5 Å². The molecule has 0 aliphatic carbocycles. The largest absolute Gasteiger partial charge is 0.454 e. The van der Waals surface area contributed by atoms with Gasteiger partial charge in [0, 0.05) is 25.9 Å². The predicted molar refractivity (Wildman–Crippen MR) is 79.0 cm³/mol. The summed E-state index contributed by atoms with van der Waals surface area (Å²) in [5, 5.41) is 3.91. The average molecular weight is 315 g/mol. The summed E-state index contributed by atoms with van der Waals surface area (Å²) in [7, 11) is 0. The van der Waals surface area contributed by atoms with Crippen LogP contribution >= 0.6 is 0 Å². The third-order valence-corrected chi connectivity index (χ3v) is 4.17. The van der Waals surface area contributed by atoms with Crippen LogP contribution in [0.15, 0.2) is 22.7 Å². The number of ether oxygens (including phenoxy) is 2. The molecule has 0 radical (unpaired) electrons. The van der Waals surface area contributed by atoms with Crippen LogP contribution in [0.2, 0.25) is 0 Å². The van der Waals surface area contributed by atoms with E-state index >= 15 is 0 Å². The first kappa shape index (κ1) is 14.0. The molecular weight excluding hydrogens is 298 g/mol. The van der Waals surface area contributed by atoms with E-state index in [-0.39, 0.29) is 18.6 Å². The second kappa shape index (κ2) is 5.57. The molecule has 0 N–H and O–H groups in total. The molecule has 0 saturated carbocycles. The van der Waals surface area contributed by atoms with Gasteiger partial charge in [-0.15, -0.1) is 0 Å². The molecule has 2 aliphatic rings. The fourth-order valence-corrected chi connectivity index (χ4v) is 2.93. The van der Waals surface area contributed by atoms with Gasteiger partial charge in [0.1, 0.15) is 0 Å². The number of aryl methyl sites for hydroxylation is 1. The van der Waals surface area contributed by atoms with Crippen LogP contribution < -0.4 is 9.47 Å². The van der Waals surface area contributed by atoms with Gasteiger partial charge in [0.25, 0.3) is 0 Å². The summed E-state index contributed by atoms with van der Waals surface area (Å²) in [5.74, 6) is 2.80. The Hall–Kier alpha value is -2.57. The molecule has 0 spiro atoms. The topological polar surface area (TPSA) is 77.7 Å². The fourth-order valence-electron chi connectivity index (χ4n) is 2.93. The molecule has 7 heteroatoms. The smallest absolute Gasteiger partial charge is 0.232 e. The van der Waals surface area contributed by atoms with Crippen molar-refractivity contribution in [3.05, 3.63) is 35.5 Å². The summed E-state index contributed by atoms with van der Waals surface area (Å²) >= 11 is 0.